The number of nitrogens with one attached hydrogen (secondary N) is 1. The summed E-state index contributed by atoms with van der Waals surface area (Å²) in [5.41, 5.74) is 1.94. The number of likely N-dealkylation sites (tertiary alicyclic amines) is 1. The second kappa shape index (κ2) is 7.13. The summed E-state index contributed by atoms with van der Waals surface area (Å²) in [4.78, 5) is 29.9. The fraction of sp³-hybridized carbons (Fsp3) is 0.619. The van der Waals surface area contributed by atoms with E-state index in [1.807, 2.05) is 29.2 Å². The van der Waals surface area contributed by atoms with Gasteiger partial charge in [0.15, 0.2) is 0 Å². The van der Waals surface area contributed by atoms with Gasteiger partial charge in [0, 0.05) is 37.5 Å². The van der Waals surface area contributed by atoms with Gasteiger partial charge in [-0.1, -0.05) is 32.9 Å². The molecule has 27 heavy (non-hydrogen) atoms. The summed E-state index contributed by atoms with van der Waals surface area (Å²) in [6, 6.07) is 7.54. The van der Waals surface area contributed by atoms with E-state index in [0.29, 0.717) is 29.0 Å². The summed E-state index contributed by atoms with van der Waals surface area (Å²) in [6.45, 7) is 10.2. The molecule has 0 bridgehead atoms. The minimum atomic E-state index is -0.323. The summed E-state index contributed by atoms with van der Waals surface area (Å²) in [5, 5.41) is 3.41. The Bertz CT molecular complexity index is 716. The first-order valence-corrected chi connectivity index (χ1v) is 11.0. The number of benzene rings is 1. The van der Waals surface area contributed by atoms with Crippen LogP contribution >= 0.6 is 11.8 Å². The second-order valence-corrected chi connectivity index (χ2v) is 10.0. The van der Waals surface area contributed by atoms with Crippen LogP contribution in [0.2, 0.25) is 0 Å². The Morgan fingerprint density at radius 3 is 2.30 bits per heavy atom. The highest BCUT2D eigenvalue weighted by Gasteiger charge is 2.43. The van der Waals surface area contributed by atoms with Crippen molar-refractivity contribution in [3.63, 3.8) is 0 Å². The van der Waals surface area contributed by atoms with Gasteiger partial charge in [0.2, 0.25) is 5.91 Å². The lowest BCUT2D eigenvalue weighted by molar-refractivity contribution is -0.134. The Balaban J connectivity index is 1.46. The van der Waals surface area contributed by atoms with Crippen molar-refractivity contribution in [3.05, 3.63) is 35.4 Å². The second-order valence-electron chi connectivity index (χ2n) is 9.04. The molecule has 0 spiro atoms. The molecule has 3 heterocycles. The van der Waals surface area contributed by atoms with Crippen molar-refractivity contribution in [2.75, 3.05) is 37.8 Å². The average Bonchev–Trinajstić information content (AvgIpc) is 3.35. The lowest BCUT2D eigenvalue weighted by atomic mass is 9.86. The molecule has 1 N–H and O–H groups in total. The van der Waals surface area contributed by atoms with E-state index in [4.69, 9.17) is 0 Å². The van der Waals surface area contributed by atoms with Crippen molar-refractivity contribution in [1.82, 2.24) is 15.1 Å². The lowest BCUT2D eigenvalue weighted by Gasteiger charge is -2.28. The highest BCUT2D eigenvalue weighted by atomic mass is 32.2. The molecule has 2 amide bonds. The molecule has 0 aromatic heterocycles. The molecule has 3 atom stereocenters. The molecule has 146 valence electrons. The Hall–Kier alpha value is -1.53. The van der Waals surface area contributed by atoms with E-state index < -0.39 is 0 Å². The first kappa shape index (κ1) is 18.8. The first-order valence-electron chi connectivity index (χ1n) is 9.83. The molecule has 3 aliphatic heterocycles. The Morgan fingerprint density at radius 2 is 1.70 bits per heavy atom. The monoisotopic (exact) mass is 387 g/mol. The molecular formula is C21H29N3O2S. The third kappa shape index (κ3) is 3.61. The standard InChI is InChI=1S/C21H29N3O2S/c1-21(2,3)17-6-4-14(5-7-17)19(25)24-13-27-12-18(24)20(26)23-10-15-8-22-9-16(15)11-23/h4-7,15-16,18,22H,8-13H2,1-3H3/t15-,16+,18?. The van der Waals surface area contributed by atoms with Gasteiger partial charge in [0.05, 0.1) is 5.88 Å². The minimum absolute atomic E-state index is 0.0279. The predicted octanol–water partition coefficient (Wildman–Crippen LogP) is 2.18. The van der Waals surface area contributed by atoms with Crippen molar-refractivity contribution < 1.29 is 9.59 Å². The topological polar surface area (TPSA) is 52.7 Å². The molecule has 1 unspecified atom stereocenters. The van der Waals surface area contributed by atoms with Crippen LogP contribution in [0.1, 0.15) is 36.7 Å². The number of hydrogen-bond donors (Lipinski definition) is 1. The van der Waals surface area contributed by atoms with Crippen molar-refractivity contribution in [1.29, 1.82) is 0 Å². The smallest absolute Gasteiger partial charge is 0.255 e. The maximum absolute atomic E-state index is 13.1. The van der Waals surface area contributed by atoms with Crippen LogP contribution in [0, 0.1) is 11.8 Å². The van der Waals surface area contributed by atoms with Crippen LogP contribution in [-0.4, -0.2) is 65.5 Å². The molecular weight excluding hydrogens is 358 g/mol. The molecule has 3 fully saturated rings. The Labute approximate surface area is 165 Å². The third-order valence-corrected chi connectivity index (χ3v) is 7.14. The molecule has 0 radical (unpaired) electrons. The van der Waals surface area contributed by atoms with Crippen LogP contribution < -0.4 is 5.32 Å². The molecule has 3 aliphatic rings. The van der Waals surface area contributed by atoms with E-state index in [-0.39, 0.29) is 23.3 Å². The summed E-state index contributed by atoms with van der Waals surface area (Å²) in [6.07, 6.45) is 0. The van der Waals surface area contributed by atoms with E-state index in [9.17, 15) is 9.59 Å². The maximum atomic E-state index is 13.1. The summed E-state index contributed by atoms with van der Waals surface area (Å²) in [7, 11) is 0. The summed E-state index contributed by atoms with van der Waals surface area (Å²) >= 11 is 1.67. The highest BCUT2D eigenvalue weighted by molar-refractivity contribution is 7.99. The van der Waals surface area contributed by atoms with E-state index in [1.165, 1.54) is 5.56 Å². The van der Waals surface area contributed by atoms with Gasteiger partial charge in [0.25, 0.3) is 5.91 Å². The third-order valence-electron chi connectivity index (χ3n) is 6.13. The van der Waals surface area contributed by atoms with Crippen molar-refractivity contribution in [2.24, 2.45) is 11.8 Å². The van der Waals surface area contributed by atoms with Crippen LogP contribution in [0.5, 0.6) is 0 Å². The number of amides is 2. The van der Waals surface area contributed by atoms with Gasteiger partial charge in [0.1, 0.15) is 6.04 Å². The SMILES string of the molecule is CC(C)(C)c1ccc(C(=O)N2CSCC2C(=O)N2C[C@H]3CNC[C@H]3C2)cc1. The number of carbonyl (C=O) groups excluding carboxylic acids is 2. The predicted molar refractivity (Wildman–Crippen MR) is 109 cm³/mol. The molecule has 0 aliphatic carbocycles. The maximum Gasteiger partial charge on any atom is 0.255 e. The van der Waals surface area contributed by atoms with Crippen LogP contribution in [0.3, 0.4) is 0 Å². The zero-order valence-electron chi connectivity index (χ0n) is 16.4. The first-order chi connectivity index (χ1) is 12.8. The summed E-state index contributed by atoms with van der Waals surface area (Å²) < 4.78 is 0. The van der Waals surface area contributed by atoms with Gasteiger partial charge >= 0.3 is 0 Å². The van der Waals surface area contributed by atoms with Gasteiger partial charge in [-0.2, -0.15) is 0 Å². The van der Waals surface area contributed by atoms with E-state index in [0.717, 1.165) is 26.2 Å². The zero-order valence-corrected chi connectivity index (χ0v) is 17.2. The minimum Gasteiger partial charge on any atom is -0.340 e. The molecule has 1 aromatic carbocycles. The number of carbonyl (C=O) groups is 2. The largest absolute Gasteiger partial charge is 0.340 e. The quantitative estimate of drug-likeness (QED) is 0.845. The van der Waals surface area contributed by atoms with Crippen LogP contribution in [0.4, 0.5) is 0 Å². The highest BCUT2D eigenvalue weighted by Crippen LogP contribution is 2.31. The van der Waals surface area contributed by atoms with Crippen LogP contribution in [-0.2, 0) is 10.2 Å². The zero-order chi connectivity index (χ0) is 19.2. The number of fused-ring (bicyclic) bond motifs is 1. The average molecular weight is 388 g/mol. The molecule has 5 nitrogen and oxygen atoms in total. The Kier molecular flexibility index (Phi) is 4.97. The van der Waals surface area contributed by atoms with Gasteiger partial charge < -0.3 is 15.1 Å². The van der Waals surface area contributed by atoms with Gasteiger partial charge in [-0.25, -0.2) is 0 Å². The molecule has 4 rings (SSSR count). The van der Waals surface area contributed by atoms with Gasteiger partial charge in [-0.3, -0.25) is 9.59 Å². The van der Waals surface area contributed by atoms with Crippen molar-refractivity contribution >= 4 is 23.6 Å². The number of thioether (sulfide) groups is 1. The van der Waals surface area contributed by atoms with Crippen molar-refractivity contribution in [2.45, 2.75) is 32.2 Å². The van der Waals surface area contributed by atoms with E-state index in [2.05, 4.69) is 26.1 Å². The van der Waals surface area contributed by atoms with Crippen molar-refractivity contribution in [3.8, 4) is 0 Å². The molecule has 6 heteroatoms. The van der Waals surface area contributed by atoms with E-state index >= 15 is 0 Å². The lowest BCUT2D eigenvalue weighted by Crippen LogP contribution is -2.48. The van der Waals surface area contributed by atoms with Crippen LogP contribution in [0.15, 0.2) is 24.3 Å². The number of nitrogens with zero attached hydrogens (tertiary/aromatic N) is 2. The Morgan fingerprint density at radius 1 is 1.07 bits per heavy atom. The molecule has 3 saturated heterocycles. The fourth-order valence-electron chi connectivity index (χ4n) is 4.37. The van der Waals surface area contributed by atoms with Crippen LogP contribution in [0.25, 0.3) is 0 Å². The number of hydrogen-bond acceptors (Lipinski definition) is 4. The normalized spacial score (nSPS) is 27.9. The molecule has 1 aromatic rings. The fourth-order valence-corrected chi connectivity index (χ4v) is 5.52. The van der Waals surface area contributed by atoms with E-state index in [1.54, 1.807) is 16.7 Å². The molecule has 0 saturated carbocycles. The van der Waals surface area contributed by atoms with Gasteiger partial charge in [-0.05, 0) is 34.9 Å². The van der Waals surface area contributed by atoms with Gasteiger partial charge in [-0.15, -0.1) is 11.8 Å². The summed E-state index contributed by atoms with van der Waals surface area (Å²) in [5.74, 6) is 2.57. The number of rotatable bonds is 2.